The standard InChI is InChI=1S/C8H11OP.C7H8O3S/c1-10(2)8-5-3-7(9)4-6-8;1-6-2-4-7(5-3-6)11(8,9)10/h3-6,9H,1-2H3;2-5H,1H3,(H,8,9,10). The van der Waals surface area contributed by atoms with E-state index in [1.807, 2.05) is 19.1 Å². The molecule has 0 aliphatic carbocycles. The van der Waals surface area contributed by atoms with Gasteiger partial charge in [-0.1, -0.05) is 17.7 Å². The number of aromatic hydroxyl groups is 1. The average Bonchev–Trinajstić information content (AvgIpc) is 2.39. The van der Waals surface area contributed by atoms with Crippen molar-refractivity contribution >= 4 is 23.3 Å². The van der Waals surface area contributed by atoms with Crippen LogP contribution in [0.3, 0.4) is 0 Å². The minimum absolute atomic E-state index is 0.178. The molecule has 0 bridgehead atoms. The summed E-state index contributed by atoms with van der Waals surface area (Å²) in [5, 5.41) is 10.3. The molecule has 0 amide bonds. The van der Waals surface area contributed by atoms with Crippen molar-refractivity contribution in [3.05, 3.63) is 54.1 Å². The maximum atomic E-state index is 10.4. The van der Waals surface area contributed by atoms with Crippen molar-refractivity contribution < 1.29 is 18.1 Å². The number of benzene rings is 2. The van der Waals surface area contributed by atoms with Crippen LogP contribution in [0.25, 0.3) is 0 Å². The molecule has 0 atom stereocenters. The Morgan fingerprint density at radius 1 is 0.952 bits per heavy atom. The van der Waals surface area contributed by atoms with E-state index in [1.54, 1.807) is 24.3 Å². The van der Waals surface area contributed by atoms with Gasteiger partial charge in [-0.3, -0.25) is 0 Å². The number of phenolic OH excluding ortho intramolecular Hbond substituents is 1. The minimum atomic E-state index is -4.27. The topological polar surface area (TPSA) is 77.4 Å². The molecule has 2 aromatic rings. The molecule has 0 heterocycles. The monoisotopic (exact) mass is 326 g/mol. The molecular weight excluding hydrogens is 307 g/mol. The first kappa shape index (κ1) is 17.6. The van der Waals surface area contributed by atoms with Crippen LogP contribution >= 0.6 is 7.92 Å². The highest BCUT2D eigenvalue weighted by atomic mass is 32.2. The quantitative estimate of drug-likeness (QED) is 0.679. The highest BCUT2D eigenvalue weighted by Crippen LogP contribution is 2.23. The number of hydrogen-bond donors (Lipinski definition) is 1. The molecule has 0 aromatic heterocycles. The van der Waals surface area contributed by atoms with Crippen molar-refractivity contribution in [3.8, 4) is 5.75 Å². The zero-order valence-corrected chi connectivity index (χ0v) is 14.0. The maximum absolute atomic E-state index is 10.4. The normalized spacial score (nSPS) is 10.9. The minimum Gasteiger partial charge on any atom is -0.744 e. The van der Waals surface area contributed by atoms with Crippen molar-refractivity contribution in [1.29, 1.82) is 0 Å². The molecule has 6 heteroatoms. The molecule has 0 aliphatic heterocycles. The molecule has 2 aromatic carbocycles. The maximum Gasteiger partial charge on any atom is 0.124 e. The van der Waals surface area contributed by atoms with Gasteiger partial charge in [0, 0.05) is 7.92 Å². The van der Waals surface area contributed by atoms with Gasteiger partial charge in [0.25, 0.3) is 0 Å². The van der Waals surface area contributed by atoms with Crippen LogP contribution in [-0.2, 0) is 10.1 Å². The van der Waals surface area contributed by atoms with Crippen molar-refractivity contribution in [2.75, 3.05) is 13.3 Å². The van der Waals surface area contributed by atoms with Gasteiger partial charge in [-0.15, -0.1) is 0 Å². The van der Waals surface area contributed by atoms with Gasteiger partial charge in [0.05, 0.1) is 23.5 Å². The molecule has 2 rings (SSSR count). The number of rotatable bonds is 2. The molecule has 0 aliphatic rings. The van der Waals surface area contributed by atoms with E-state index < -0.39 is 10.1 Å². The van der Waals surface area contributed by atoms with E-state index in [9.17, 15) is 13.0 Å². The smallest absolute Gasteiger partial charge is 0.124 e. The Hall–Kier alpha value is -1.42. The zero-order valence-electron chi connectivity index (χ0n) is 12.2. The van der Waals surface area contributed by atoms with E-state index in [0.717, 1.165) is 5.56 Å². The van der Waals surface area contributed by atoms with Gasteiger partial charge in [-0.2, -0.15) is 0 Å². The van der Waals surface area contributed by atoms with Crippen LogP contribution in [0, 0.1) is 6.92 Å². The van der Waals surface area contributed by atoms with E-state index in [-0.39, 0.29) is 12.8 Å². The van der Waals surface area contributed by atoms with Gasteiger partial charge in [0.15, 0.2) is 0 Å². The van der Waals surface area contributed by atoms with E-state index >= 15 is 0 Å². The highest BCUT2D eigenvalue weighted by molar-refractivity contribution is 7.85. The van der Waals surface area contributed by atoms with Crippen LogP contribution in [0.4, 0.5) is 0 Å². The van der Waals surface area contributed by atoms with Crippen molar-refractivity contribution in [2.45, 2.75) is 11.8 Å². The van der Waals surface area contributed by atoms with Gasteiger partial charge < -0.3 is 9.66 Å². The molecule has 0 radical (unpaired) electrons. The molecule has 0 saturated carbocycles. The Kier molecular flexibility index (Phi) is 6.34. The van der Waals surface area contributed by atoms with Crippen LogP contribution in [-0.4, -0.2) is 31.4 Å². The van der Waals surface area contributed by atoms with Gasteiger partial charge >= 0.3 is 0 Å². The lowest BCUT2D eigenvalue weighted by Crippen LogP contribution is -1.97. The molecule has 21 heavy (non-hydrogen) atoms. The Balaban J connectivity index is 0.000000211. The van der Waals surface area contributed by atoms with E-state index in [1.165, 1.54) is 17.4 Å². The summed E-state index contributed by atoms with van der Waals surface area (Å²) in [5.41, 5.74) is 0.928. The van der Waals surface area contributed by atoms with E-state index in [2.05, 4.69) is 13.3 Å². The summed E-state index contributed by atoms with van der Waals surface area (Å²) in [6.07, 6.45) is 0. The lowest BCUT2D eigenvalue weighted by atomic mass is 10.2. The Morgan fingerprint density at radius 3 is 1.81 bits per heavy atom. The first-order valence-corrected chi connectivity index (χ1v) is 10.2. The Morgan fingerprint density at radius 2 is 1.43 bits per heavy atom. The molecule has 1 N–H and O–H groups in total. The lowest BCUT2D eigenvalue weighted by Gasteiger charge is -2.05. The highest BCUT2D eigenvalue weighted by Gasteiger charge is 2.03. The van der Waals surface area contributed by atoms with Crippen LogP contribution in [0.2, 0.25) is 0 Å². The lowest BCUT2D eigenvalue weighted by molar-refractivity contribution is 0.463. The summed E-state index contributed by atoms with van der Waals surface area (Å²) in [6, 6.07) is 13.2. The first-order valence-electron chi connectivity index (χ1n) is 6.32. The van der Waals surface area contributed by atoms with Gasteiger partial charge in [0.2, 0.25) is 0 Å². The van der Waals surface area contributed by atoms with Crippen LogP contribution in [0.1, 0.15) is 5.56 Å². The third kappa shape index (κ3) is 6.25. The number of hydrogen-bond acceptors (Lipinski definition) is 4. The summed E-state index contributed by atoms with van der Waals surface area (Å²) in [5.74, 6) is 0.354. The van der Waals surface area contributed by atoms with Gasteiger partial charge in [-0.05, 0) is 43.3 Å². The Labute approximate surface area is 127 Å². The average molecular weight is 326 g/mol. The molecule has 0 fully saturated rings. The largest absolute Gasteiger partial charge is 0.744 e. The van der Waals surface area contributed by atoms with Gasteiger partial charge in [-0.25, -0.2) is 8.42 Å². The Bertz CT molecular complexity index is 662. The molecular formula is C15H19O4PS. The van der Waals surface area contributed by atoms with Crippen LogP contribution in [0.5, 0.6) is 5.75 Å². The van der Waals surface area contributed by atoms with Crippen molar-refractivity contribution in [1.82, 2.24) is 0 Å². The van der Waals surface area contributed by atoms with Crippen LogP contribution < -0.4 is 5.30 Å². The third-order valence-corrected chi connectivity index (χ3v) is 5.09. The molecule has 4 nitrogen and oxygen atoms in total. The molecule has 0 saturated heterocycles. The number of phenols is 1. The second kappa shape index (κ2) is 7.55. The SMILES string of the molecule is C[PH+](C)c1ccc(O)cc1.Cc1ccc(S(=O)(=O)[O-])cc1. The molecule has 0 spiro atoms. The van der Waals surface area contributed by atoms with E-state index in [0.29, 0.717) is 5.75 Å². The summed E-state index contributed by atoms with van der Waals surface area (Å²) >= 11 is 0. The first-order chi connectivity index (χ1) is 9.70. The fourth-order valence-corrected chi connectivity index (χ4v) is 2.80. The molecule has 114 valence electrons. The predicted octanol–water partition coefficient (Wildman–Crippen LogP) is 2.39. The second-order valence-electron chi connectivity index (χ2n) is 4.81. The fraction of sp³-hybridized carbons (Fsp3) is 0.200. The van der Waals surface area contributed by atoms with Crippen LogP contribution in [0.15, 0.2) is 53.4 Å². The molecule has 0 unspecified atom stereocenters. The summed E-state index contributed by atoms with van der Waals surface area (Å²) in [6.45, 7) is 6.29. The predicted molar refractivity (Wildman–Crippen MR) is 87.0 cm³/mol. The second-order valence-corrected chi connectivity index (χ2v) is 8.77. The van der Waals surface area contributed by atoms with Gasteiger partial charge in [0.1, 0.15) is 15.9 Å². The van der Waals surface area contributed by atoms with E-state index in [4.69, 9.17) is 5.11 Å². The zero-order chi connectivity index (χ0) is 16.0. The van der Waals surface area contributed by atoms with Crippen molar-refractivity contribution in [2.24, 2.45) is 0 Å². The van der Waals surface area contributed by atoms with Crippen molar-refractivity contribution in [3.63, 3.8) is 0 Å². The summed E-state index contributed by atoms with van der Waals surface area (Å²) < 4.78 is 31.2. The number of aryl methyl sites for hydroxylation is 1. The summed E-state index contributed by atoms with van der Waals surface area (Å²) in [4.78, 5) is -0.178. The summed E-state index contributed by atoms with van der Waals surface area (Å²) in [7, 11) is -4.61. The third-order valence-electron chi connectivity index (χ3n) is 2.75. The fourth-order valence-electron chi connectivity index (χ4n) is 1.50.